The summed E-state index contributed by atoms with van der Waals surface area (Å²) < 4.78 is 5.28. The van der Waals surface area contributed by atoms with Gasteiger partial charge in [0.25, 0.3) is 0 Å². The number of unbranched alkanes of at least 4 members (excludes halogenated alkanes) is 5. The number of allylic oxidation sites excluding steroid dienone is 1. The summed E-state index contributed by atoms with van der Waals surface area (Å²) >= 11 is 0. The van der Waals surface area contributed by atoms with Crippen molar-refractivity contribution in [1.29, 1.82) is 0 Å². The Morgan fingerprint density at radius 3 is 2.34 bits per heavy atom. The number of rotatable bonds is 13. The van der Waals surface area contributed by atoms with E-state index in [9.17, 15) is 4.79 Å². The molecule has 1 unspecified atom stereocenters. The van der Waals surface area contributed by atoms with Crippen LogP contribution in [-0.4, -0.2) is 15.9 Å². The maximum Gasteiger partial charge on any atom is 0.338 e. The van der Waals surface area contributed by atoms with Crippen molar-refractivity contribution in [3.8, 4) is 6.01 Å². The Labute approximate surface area is 175 Å². The molecule has 4 nitrogen and oxygen atoms in total. The number of aryl methyl sites for hydroxylation is 1. The molecule has 156 valence electrons. The van der Waals surface area contributed by atoms with Gasteiger partial charge in [0.05, 0.1) is 0 Å². The summed E-state index contributed by atoms with van der Waals surface area (Å²) in [6.45, 7) is 4.40. The van der Waals surface area contributed by atoms with E-state index in [2.05, 4.69) is 35.9 Å². The van der Waals surface area contributed by atoms with Crippen LogP contribution in [0.5, 0.6) is 6.01 Å². The number of esters is 1. The topological polar surface area (TPSA) is 52.1 Å². The van der Waals surface area contributed by atoms with E-state index in [1.165, 1.54) is 43.7 Å². The molecule has 0 aliphatic heterocycles. The molecule has 0 amide bonds. The highest BCUT2D eigenvalue weighted by Gasteiger charge is 2.10. The molecule has 0 radical (unpaired) electrons. The monoisotopic (exact) mass is 394 g/mol. The third-order valence-corrected chi connectivity index (χ3v) is 5.00. The van der Waals surface area contributed by atoms with Crippen molar-refractivity contribution in [2.24, 2.45) is 0 Å². The summed E-state index contributed by atoms with van der Waals surface area (Å²) in [4.78, 5) is 20.6. The Bertz CT molecular complexity index is 726. The molecule has 1 aromatic carbocycles. The lowest BCUT2D eigenvalue weighted by molar-refractivity contribution is -0.129. The maximum absolute atomic E-state index is 12.2. The first-order chi connectivity index (χ1) is 14.2. The molecule has 0 aliphatic carbocycles. The molecule has 0 bridgehead atoms. The summed E-state index contributed by atoms with van der Waals surface area (Å²) in [5.41, 5.74) is 2.30. The Balaban J connectivity index is 1.88. The Hall–Kier alpha value is -2.49. The van der Waals surface area contributed by atoms with Crippen molar-refractivity contribution in [1.82, 2.24) is 9.97 Å². The van der Waals surface area contributed by atoms with E-state index in [4.69, 9.17) is 4.74 Å². The van der Waals surface area contributed by atoms with Gasteiger partial charge in [0.15, 0.2) is 0 Å². The van der Waals surface area contributed by atoms with E-state index in [1.807, 2.05) is 24.3 Å². The number of hydrogen-bond donors (Lipinski definition) is 0. The fourth-order valence-electron chi connectivity index (χ4n) is 3.29. The van der Waals surface area contributed by atoms with Crippen LogP contribution in [0.25, 0.3) is 0 Å². The van der Waals surface area contributed by atoms with Gasteiger partial charge in [0.1, 0.15) is 0 Å². The Morgan fingerprint density at radius 2 is 1.66 bits per heavy atom. The van der Waals surface area contributed by atoms with Crippen molar-refractivity contribution in [3.63, 3.8) is 0 Å². The number of benzene rings is 1. The number of hydrogen-bond acceptors (Lipinski definition) is 4. The highest BCUT2D eigenvalue weighted by Crippen LogP contribution is 2.24. The zero-order valence-corrected chi connectivity index (χ0v) is 17.8. The number of ether oxygens (including phenoxy) is 1. The van der Waals surface area contributed by atoms with E-state index < -0.39 is 5.97 Å². The van der Waals surface area contributed by atoms with E-state index in [-0.39, 0.29) is 11.9 Å². The summed E-state index contributed by atoms with van der Waals surface area (Å²) in [7, 11) is 0. The molecule has 0 aliphatic rings. The van der Waals surface area contributed by atoms with Crippen LogP contribution in [0.15, 0.2) is 54.9 Å². The fourth-order valence-corrected chi connectivity index (χ4v) is 3.29. The van der Waals surface area contributed by atoms with Crippen LogP contribution in [0.4, 0.5) is 0 Å². The van der Waals surface area contributed by atoms with Crippen molar-refractivity contribution < 1.29 is 9.53 Å². The summed E-state index contributed by atoms with van der Waals surface area (Å²) in [5.74, 6) is -0.223. The standard InChI is InChI=1S/C25H34N2O2/c1-3-5-7-10-13-21-19-26-25(27-20-21)29-24(28)18-17-23(14-9-6-4-2)22-15-11-8-12-16-22/h8,11-12,15-20,23H,3-7,9-10,13-14H2,1-2H3. The zero-order chi connectivity index (χ0) is 20.7. The van der Waals surface area contributed by atoms with Crippen LogP contribution in [0.1, 0.15) is 82.3 Å². The summed E-state index contributed by atoms with van der Waals surface area (Å²) in [5, 5.41) is 0. The number of carbonyl (C=O) groups is 1. The van der Waals surface area contributed by atoms with Gasteiger partial charge in [-0.15, -0.1) is 0 Å². The average molecular weight is 395 g/mol. The van der Waals surface area contributed by atoms with E-state index in [0.717, 1.165) is 31.2 Å². The second kappa shape index (κ2) is 13.6. The van der Waals surface area contributed by atoms with Crippen LogP contribution in [0.2, 0.25) is 0 Å². The van der Waals surface area contributed by atoms with E-state index in [0.29, 0.717) is 0 Å². The van der Waals surface area contributed by atoms with Gasteiger partial charge in [-0.05, 0) is 30.4 Å². The molecule has 1 aromatic heterocycles. The van der Waals surface area contributed by atoms with Gasteiger partial charge in [0.2, 0.25) is 0 Å². The maximum atomic E-state index is 12.2. The molecule has 0 saturated carbocycles. The first-order valence-corrected chi connectivity index (χ1v) is 11.0. The molecule has 29 heavy (non-hydrogen) atoms. The van der Waals surface area contributed by atoms with Crippen LogP contribution < -0.4 is 4.74 Å². The first kappa shape index (κ1) is 22.8. The lowest BCUT2D eigenvalue weighted by Gasteiger charge is -2.13. The van der Waals surface area contributed by atoms with Crippen molar-refractivity contribution in [2.45, 2.75) is 77.6 Å². The van der Waals surface area contributed by atoms with E-state index in [1.54, 1.807) is 12.4 Å². The van der Waals surface area contributed by atoms with Crippen LogP contribution in [0, 0.1) is 0 Å². The molecule has 2 rings (SSSR count). The SMILES string of the molecule is CCCCCCc1cnc(OC(=O)C=CC(CCCCC)c2ccccc2)nc1. The normalized spacial score (nSPS) is 12.2. The predicted molar refractivity (Wildman–Crippen MR) is 118 cm³/mol. The molecule has 4 heteroatoms. The molecule has 1 heterocycles. The third-order valence-electron chi connectivity index (χ3n) is 5.00. The van der Waals surface area contributed by atoms with Gasteiger partial charge in [0, 0.05) is 24.4 Å². The summed E-state index contributed by atoms with van der Waals surface area (Å²) in [6, 6.07) is 10.4. The number of carbonyl (C=O) groups excluding carboxylic acids is 1. The summed E-state index contributed by atoms with van der Waals surface area (Å²) in [6.07, 6.45) is 17.3. The second-order valence-electron chi connectivity index (χ2n) is 7.48. The molecule has 0 spiro atoms. The fraction of sp³-hybridized carbons (Fsp3) is 0.480. The quantitative estimate of drug-likeness (QED) is 0.223. The van der Waals surface area contributed by atoms with Gasteiger partial charge < -0.3 is 4.74 Å². The lowest BCUT2D eigenvalue weighted by Crippen LogP contribution is -2.08. The minimum atomic E-state index is -0.433. The Kier molecular flexibility index (Phi) is 10.7. The van der Waals surface area contributed by atoms with Gasteiger partial charge in [-0.1, -0.05) is 88.8 Å². The highest BCUT2D eigenvalue weighted by molar-refractivity contribution is 5.83. The highest BCUT2D eigenvalue weighted by atomic mass is 16.5. The molecular formula is C25H34N2O2. The zero-order valence-electron chi connectivity index (χ0n) is 17.8. The van der Waals surface area contributed by atoms with E-state index >= 15 is 0 Å². The molecular weight excluding hydrogens is 360 g/mol. The van der Waals surface area contributed by atoms with Gasteiger partial charge in [-0.2, -0.15) is 0 Å². The van der Waals surface area contributed by atoms with Gasteiger partial charge >= 0.3 is 12.0 Å². The average Bonchev–Trinajstić information content (AvgIpc) is 2.75. The minimum Gasteiger partial charge on any atom is -0.388 e. The minimum absolute atomic E-state index is 0.110. The predicted octanol–water partition coefficient (Wildman–Crippen LogP) is 6.43. The molecule has 0 fully saturated rings. The molecule has 0 N–H and O–H groups in total. The van der Waals surface area contributed by atoms with Crippen LogP contribution in [0.3, 0.4) is 0 Å². The largest absolute Gasteiger partial charge is 0.388 e. The smallest absolute Gasteiger partial charge is 0.338 e. The van der Waals surface area contributed by atoms with Crippen LogP contribution in [-0.2, 0) is 11.2 Å². The van der Waals surface area contributed by atoms with Crippen molar-refractivity contribution in [2.75, 3.05) is 0 Å². The Morgan fingerprint density at radius 1 is 0.966 bits per heavy atom. The third kappa shape index (κ3) is 9.03. The number of nitrogens with zero attached hydrogens (tertiary/aromatic N) is 2. The van der Waals surface area contributed by atoms with Crippen molar-refractivity contribution >= 4 is 5.97 Å². The van der Waals surface area contributed by atoms with Gasteiger partial charge in [-0.3, -0.25) is 0 Å². The lowest BCUT2D eigenvalue weighted by atomic mass is 9.93. The van der Waals surface area contributed by atoms with Crippen molar-refractivity contribution in [3.05, 3.63) is 66.0 Å². The van der Waals surface area contributed by atoms with Crippen LogP contribution >= 0.6 is 0 Å². The first-order valence-electron chi connectivity index (χ1n) is 11.0. The van der Waals surface area contributed by atoms with Gasteiger partial charge in [-0.25, -0.2) is 14.8 Å². The molecule has 1 atom stereocenters. The number of aromatic nitrogens is 2. The molecule has 2 aromatic rings. The molecule has 0 saturated heterocycles. The second-order valence-corrected chi connectivity index (χ2v) is 7.48.